The minimum Gasteiger partial charge on any atom is -0.496 e. The van der Waals surface area contributed by atoms with Crippen LogP contribution in [-0.4, -0.2) is 25.2 Å². The standard InChI is InChI=1S/C19H20N4O3/c1-24-16-9-6-10-17(25-2)14(16)11-21-18(20)23-19-22-15(12-26-19)13-7-4-3-5-8-13/h3-10,12H,11H2,1-2H3,(H3,20,21,22,23). The molecule has 1 aromatic heterocycles. The number of benzene rings is 2. The number of aromatic nitrogens is 1. The zero-order valence-corrected chi connectivity index (χ0v) is 14.6. The molecule has 7 nitrogen and oxygen atoms in total. The van der Waals surface area contributed by atoms with Crippen molar-refractivity contribution in [1.82, 2.24) is 4.98 Å². The lowest BCUT2D eigenvalue weighted by atomic mass is 10.2. The number of guanidine groups is 1. The monoisotopic (exact) mass is 352 g/mol. The Bertz CT molecular complexity index is 869. The van der Waals surface area contributed by atoms with E-state index in [4.69, 9.17) is 19.6 Å². The van der Waals surface area contributed by atoms with Crippen LogP contribution >= 0.6 is 0 Å². The molecule has 26 heavy (non-hydrogen) atoms. The average molecular weight is 352 g/mol. The van der Waals surface area contributed by atoms with Gasteiger partial charge in [-0.3, -0.25) is 5.32 Å². The molecule has 0 bridgehead atoms. The van der Waals surface area contributed by atoms with Crippen molar-refractivity contribution in [2.45, 2.75) is 6.54 Å². The maximum absolute atomic E-state index is 5.94. The first kappa shape index (κ1) is 17.3. The minimum atomic E-state index is 0.180. The normalized spacial score (nSPS) is 11.2. The molecule has 0 amide bonds. The van der Waals surface area contributed by atoms with E-state index >= 15 is 0 Å². The predicted molar refractivity (Wildman–Crippen MR) is 100 cm³/mol. The van der Waals surface area contributed by atoms with Gasteiger partial charge in [0.25, 0.3) is 0 Å². The molecular weight excluding hydrogens is 332 g/mol. The Morgan fingerprint density at radius 2 is 1.77 bits per heavy atom. The summed E-state index contributed by atoms with van der Waals surface area (Å²) in [6.07, 6.45) is 1.56. The fourth-order valence-corrected chi connectivity index (χ4v) is 2.47. The van der Waals surface area contributed by atoms with Crippen LogP contribution in [0.15, 0.2) is 64.2 Å². The summed E-state index contributed by atoms with van der Waals surface area (Å²) in [5, 5.41) is 2.85. The third kappa shape index (κ3) is 3.94. The fraction of sp³-hybridized carbons (Fsp3) is 0.158. The quantitative estimate of drug-likeness (QED) is 0.522. The molecule has 0 aliphatic heterocycles. The summed E-state index contributed by atoms with van der Waals surface area (Å²) in [5.41, 5.74) is 8.42. The maximum Gasteiger partial charge on any atom is 0.302 e. The van der Waals surface area contributed by atoms with Crippen LogP contribution in [0.5, 0.6) is 11.5 Å². The summed E-state index contributed by atoms with van der Waals surface area (Å²) in [6.45, 7) is 0.290. The summed E-state index contributed by atoms with van der Waals surface area (Å²) in [4.78, 5) is 8.67. The van der Waals surface area contributed by atoms with E-state index in [9.17, 15) is 0 Å². The van der Waals surface area contributed by atoms with Crippen molar-refractivity contribution in [3.63, 3.8) is 0 Å². The largest absolute Gasteiger partial charge is 0.496 e. The van der Waals surface area contributed by atoms with E-state index in [0.29, 0.717) is 17.2 Å². The van der Waals surface area contributed by atoms with Crippen LogP contribution < -0.4 is 20.5 Å². The number of hydrogen-bond acceptors (Lipinski definition) is 5. The van der Waals surface area contributed by atoms with Gasteiger partial charge in [0.2, 0.25) is 0 Å². The molecule has 0 saturated carbocycles. The zero-order valence-electron chi connectivity index (χ0n) is 14.6. The third-order valence-electron chi connectivity index (χ3n) is 3.75. The highest BCUT2D eigenvalue weighted by atomic mass is 16.5. The van der Waals surface area contributed by atoms with Gasteiger partial charge in [-0.1, -0.05) is 36.4 Å². The molecule has 2 aromatic carbocycles. The molecule has 0 aliphatic rings. The van der Waals surface area contributed by atoms with Crippen LogP contribution in [0.3, 0.4) is 0 Å². The molecule has 3 aromatic rings. The fourth-order valence-electron chi connectivity index (χ4n) is 2.47. The Hall–Kier alpha value is -3.48. The zero-order chi connectivity index (χ0) is 18.4. The van der Waals surface area contributed by atoms with Crippen molar-refractivity contribution in [3.05, 3.63) is 60.4 Å². The van der Waals surface area contributed by atoms with Crippen LogP contribution in [0, 0.1) is 0 Å². The molecule has 0 saturated heterocycles. The van der Waals surface area contributed by atoms with E-state index in [1.165, 1.54) is 0 Å². The number of hydrogen-bond donors (Lipinski definition) is 2. The van der Waals surface area contributed by atoms with E-state index in [0.717, 1.165) is 11.1 Å². The van der Waals surface area contributed by atoms with Crippen molar-refractivity contribution >= 4 is 12.0 Å². The predicted octanol–water partition coefficient (Wildman–Crippen LogP) is 3.29. The summed E-state index contributed by atoms with van der Waals surface area (Å²) in [7, 11) is 3.20. The van der Waals surface area contributed by atoms with E-state index in [1.807, 2.05) is 48.5 Å². The minimum absolute atomic E-state index is 0.180. The SMILES string of the molecule is COc1cccc(OC)c1CN=C(N)Nc1nc(-c2ccccc2)co1. The number of nitrogens with zero attached hydrogens (tertiary/aromatic N) is 2. The molecule has 0 atom stereocenters. The van der Waals surface area contributed by atoms with Gasteiger partial charge < -0.3 is 19.6 Å². The van der Waals surface area contributed by atoms with Gasteiger partial charge >= 0.3 is 6.01 Å². The third-order valence-corrected chi connectivity index (χ3v) is 3.75. The number of anilines is 1. The van der Waals surface area contributed by atoms with Gasteiger partial charge in [-0.15, -0.1) is 0 Å². The molecule has 0 unspecified atom stereocenters. The summed E-state index contributed by atoms with van der Waals surface area (Å²) in [5.74, 6) is 1.55. The highest BCUT2D eigenvalue weighted by Gasteiger charge is 2.10. The lowest BCUT2D eigenvalue weighted by Crippen LogP contribution is -2.22. The Kier molecular flexibility index (Phi) is 5.38. The van der Waals surface area contributed by atoms with E-state index in [1.54, 1.807) is 20.5 Å². The number of methoxy groups -OCH3 is 2. The molecule has 0 fully saturated rings. The Morgan fingerprint density at radius 1 is 1.08 bits per heavy atom. The summed E-state index contributed by atoms with van der Waals surface area (Å²) >= 11 is 0. The van der Waals surface area contributed by atoms with Crippen molar-refractivity contribution in [1.29, 1.82) is 0 Å². The molecule has 3 rings (SSSR count). The number of rotatable bonds is 6. The van der Waals surface area contributed by atoms with Gasteiger partial charge in [0.05, 0.1) is 26.3 Å². The van der Waals surface area contributed by atoms with E-state index < -0.39 is 0 Å². The second kappa shape index (κ2) is 8.06. The molecule has 0 aliphatic carbocycles. The van der Waals surface area contributed by atoms with E-state index in [-0.39, 0.29) is 18.5 Å². The number of nitrogens with two attached hydrogens (primary N) is 1. The first-order chi connectivity index (χ1) is 12.7. The number of aliphatic imine (C=N–C) groups is 1. The smallest absolute Gasteiger partial charge is 0.302 e. The highest BCUT2D eigenvalue weighted by molar-refractivity contribution is 5.90. The van der Waals surface area contributed by atoms with Crippen LogP contribution in [0.1, 0.15) is 5.56 Å². The van der Waals surface area contributed by atoms with Gasteiger partial charge in [-0.05, 0) is 12.1 Å². The Morgan fingerprint density at radius 3 is 2.42 bits per heavy atom. The van der Waals surface area contributed by atoms with Crippen LogP contribution in [0.25, 0.3) is 11.3 Å². The van der Waals surface area contributed by atoms with Crippen molar-refractivity contribution in [2.75, 3.05) is 19.5 Å². The molecule has 134 valence electrons. The molecule has 1 heterocycles. The second-order valence-electron chi connectivity index (χ2n) is 5.37. The summed E-state index contributed by atoms with van der Waals surface area (Å²) < 4.78 is 16.1. The van der Waals surface area contributed by atoms with Crippen LogP contribution in [0.4, 0.5) is 6.01 Å². The molecule has 3 N–H and O–H groups in total. The summed E-state index contributed by atoms with van der Waals surface area (Å²) in [6, 6.07) is 15.5. The van der Waals surface area contributed by atoms with Crippen molar-refractivity contribution < 1.29 is 13.9 Å². The van der Waals surface area contributed by atoms with Gasteiger partial charge in [-0.2, -0.15) is 4.98 Å². The lowest BCUT2D eigenvalue weighted by Gasteiger charge is -2.11. The Labute approximate surface area is 151 Å². The topological polar surface area (TPSA) is 94.9 Å². The molecule has 7 heteroatoms. The number of nitrogens with one attached hydrogen (secondary N) is 1. The van der Waals surface area contributed by atoms with Crippen LogP contribution in [-0.2, 0) is 6.54 Å². The molecule has 0 radical (unpaired) electrons. The number of ether oxygens (including phenoxy) is 2. The van der Waals surface area contributed by atoms with Gasteiger partial charge in [0, 0.05) is 5.56 Å². The van der Waals surface area contributed by atoms with Gasteiger partial charge in [0.1, 0.15) is 23.5 Å². The second-order valence-corrected chi connectivity index (χ2v) is 5.37. The number of oxazole rings is 1. The van der Waals surface area contributed by atoms with Crippen molar-refractivity contribution in [2.24, 2.45) is 10.7 Å². The van der Waals surface area contributed by atoms with Crippen molar-refractivity contribution in [3.8, 4) is 22.8 Å². The molecule has 0 spiro atoms. The van der Waals surface area contributed by atoms with Gasteiger partial charge in [-0.25, -0.2) is 4.99 Å². The first-order valence-electron chi connectivity index (χ1n) is 7.99. The molecular formula is C19H20N4O3. The van der Waals surface area contributed by atoms with E-state index in [2.05, 4.69) is 15.3 Å². The highest BCUT2D eigenvalue weighted by Crippen LogP contribution is 2.28. The maximum atomic E-state index is 5.94. The van der Waals surface area contributed by atoms with Crippen LogP contribution in [0.2, 0.25) is 0 Å². The lowest BCUT2D eigenvalue weighted by molar-refractivity contribution is 0.385. The average Bonchev–Trinajstić information content (AvgIpc) is 3.15. The Balaban J connectivity index is 1.71. The van der Waals surface area contributed by atoms with Gasteiger partial charge in [0.15, 0.2) is 5.96 Å². The first-order valence-corrected chi connectivity index (χ1v) is 7.99.